The van der Waals surface area contributed by atoms with Crippen molar-refractivity contribution < 1.29 is 0 Å². The third-order valence-corrected chi connectivity index (χ3v) is 4.91. The summed E-state index contributed by atoms with van der Waals surface area (Å²) in [7, 11) is 1.50. The molecule has 1 aliphatic carbocycles. The number of nitrogens with zero attached hydrogens (tertiary/aromatic N) is 3. The van der Waals surface area contributed by atoms with E-state index in [0.29, 0.717) is 11.5 Å². The normalized spacial score (nSPS) is 16.4. The predicted octanol–water partition coefficient (Wildman–Crippen LogP) is 5.45. The van der Waals surface area contributed by atoms with Crippen molar-refractivity contribution in [2.45, 2.75) is 26.3 Å². The zero-order chi connectivity index (χ0) is 22.6. The van der Waals surface area contributed by atoms with Gasteiger partial charge in [-0.25, -0.2) is 0 Å². The van der Waals surface area contributed by atoms with E-state index < -0.39 is 0 Å². The van der Waals surface area contributed by atoms with Crippen molar-refractivity contribution in [3.05, 3.63) is 96.3 Å². The Morgan fingerprint density at radius 1 is 1.32 bits per heavy atom. The molecule has 0 fully saturated rings. The molecule has 31 heavy (non-hydrogen) atoms. The van der Waals surface area contributed by atoms with Crippen LogP contribution in [0.25, 0.3) is 10.9 Å². The Morgan fingerprint density at radius 3 is 2.84 bits per heavy atom. The number of benzene rings is 1. The second-order valence-electron chi connectivity index (χ2n) is 7.22. The maximum atomic E-state index is 7.87. The first-order chi connectivity index (χ1) is 15.1. The van der Waals surface area contributed by atoms with E-state index in [-0.39, 0.29) is 5.84 Å². The lowest BCUT2D eigenvalue weighted by Gasteiger charge is -2.11. The van der Waals surface area contributed by atoms with Gasteiger partial charge in [0.25, 0.3) is 0 Å². The standard InChI is InChI=1S/C24H27N5.CH5N/c1-3-6-20(10-5-9-19-8-4-7-18(2)15-19)17-29-14-13-21-16-22(11-12-23(21)29)24(25)27-28-26;1-2/h3-6,8,10-16,18H,1,7,9,17H2,2H3,(H3,25,26,27);2H2,1H3/b10-5-,20-6+;. The van der Waals surface area contributed by atoms with Gasteiger partial charge in [0.2, 0.25) is 0 Å². The summed E-state index contributed by atoms with van der Waals surface area (Å²) in [6, 6.07) is 7.84. The molecule has 0 saturated carbocycles. The number of nitrogens with one attached hydrogen (secondary N) is 1. The average Bonchev–Trinajstić information content (AvgIpc) is 3.17. The van der Waals surface area contributed by atoms with Crippen LogP contribution in [0.5, 0.6) is 0 Å². The van der Waals surface area contributed by atoms with Crippen LogP contribution < -0.4 is 11.6 Å². The van der Waals surface area contributed by atoms with E-state index in [1.54, 1.807) is 0 Å². The van der Waals surface area contributed by atoms with E-state index in [1.165, 1.54) is 18.2 Å². The Balaban J connectivity index is 0.00000166. The number of aromatic nitrogens is 1. The van der Waals surface area contributed by atoms with Crippen LogP contribution in [0.3, 0.4) is 0 Å². The van der Waals surface area contributed by atoms with Crippen LogP contribution in [-0.2, 0) is 6.54 Å². The van der Waals surface area contributed by atoms with Crippen molar-refractivity contribution in [2.75, 3.05) is 7.05 Å². The Kier molecular flexibility index (Phi) is 9.39. The molecule has 162 valence electrons. The molecule has 1 aromatic heterocycles. The summed E-state index contributed by atoms with van der Waals surface area (Å²) in [5, 5.41) is 15.7. The lowest BCUT2D eigenvalue weighted by atomic mass is 9.96. The fourth-order valence-corrected chi connectivity index (χ4v) is 3.52. The summed E-state index contributed by atoms with van der Waals surface area (Å²) in [6.45, 7) is 6.85. The zero-order valence-corrected chi connectivity index (χ0v) is 18.3. The summed E-state index contributed by atoms with van der Waals surface area (Å²) >= 11 is 0. The van der Waals surface area contributed by atoms with Gasteiger partial charge in [-0.05, 0) is 61.2 Å². The molecule has 6 heteroatoms. The molecule has 0 bridgehead atoms. The lowest BCUT2D eigenvalue weighted by Crippen LogP contribution is -1.99. The third-order valence-electron chi connectivity index (χ3n) is 4.91. The van der Waals surface area contributed by atoms with Crippen LogP contribution in [0.15, 0.2) is 101 Å². The van der Waals surface area contributed by atoms with E-state index in [2.05, 4.69) is 70.7 Å². The van der Waals surface area contributed by atoms with Crippen molar-refractivity contribution in [2.24, 2.45) is 27.8 Å². The number of nitrogens with two attached hydrogens (primary N) is 2. The fraction of sp³-hybridized carbons (Fsp3) is 0.240. The molecule has 0 aliphatic heterocycles. The van der Waals surface area contributed by atoms with Gasteiger partial charge in [0.15, 0.2) is 5.84 Å². The van der Waals surface area contributed by atoms with Gasteiger partial charge in [0.1, 0.15) is 0 Å². The van der Waals surface area contributed by atoms with Crippen molar-refractivity contribution in [1.82, 2.24) is 4.57 Å². The van der Waals surface area contributed by atoms with E-state index in [9.17, 15) is 0 Å². The molecule has 0 amide bonds. The number of allylic oxidation sites excluding steroid dienone is 9. The van der Waals surface area contributed by atoms with Gasteiger partial charge in [-0.1, -0.05) is 61.3 Å². The molecule has 1 unspecified atom stereocenters. The van der Waals surface area contributed by atoms with Gasteiger partial charge >= 0.3 is 0 Å². The van der Waals surface area contributed by atoms with Crippen LogP contribution in [0.4, 0.5) is 0 Å². The minimum atomic E-state index is 0.0534. The largest absolute Gasteiger partial charge is 0.343 e. The predicted molar refractivity (Wildman–Crippen MR) is 131 cm³/mol. The first kappa shape index (κ1) is 23.8. The number of hydrogen-bond acceptors (Lipinski definition) is 3. The Morgan fingerprint density at radius 2 is 2.13 bits per heavy atom. The molecule has 3 rings (SSSR count). The van der Waals surface area contributed by atoms with E-state index >= 15 is 0 Å². The highest BCUT2D eigenvalue weighted by atomic mass is 15.3. The first-order valence-electron chi connectivity index (χ1n) is 10.3. The van der Waals surface area contributed by atoms with Gasteiger partial charge in [-0.2, -0.15) is 0 Å². The molecule has 0 spiro atoms. The van der Waals surface area contributed by atoms with Crippen LogP contribution >= 0.6 is 0 Å². The van der Waals surface area contributed by atoms with E-state index in [0.717, 1.165) is 30.3 Å². The SMILES string of the molecule is C=C/C=C(\C=C/CC1=CC(C)CC=C1)Cn1ccc2cc(C(=N)N=NN)ccc21.CN. The molecule has 5 N–H and O–H groups in total. The highest BCUT2D eigenvalue weighted by Gasteiger charge is 2.07. The monoisotopic (exact) mass is 416 g/mol. The third kappa shape index (κ3) is 6.76. The Bertz CT molecular complexity index is 1050. The Hall–Kier alpha value is -3.51. The zero-order valence-electron chi connectivity index (χ0n) is 18.3. The average molecular weight is 417 g/mol. The molecule has 1 atom stereocenters. The van der Waals surface area contributed by atoms with Gasteiger partial charge in [0, 0.05) is 29.2 Å². The van der Waals surface area contributed by atoms with E-state index in [4.69, 9.17) is 11.3 Å². The van der Waals surface area contributed by atoms with Crippen LogP contribution in [0, 0.1) is 11.3 Å². The van der Waals surface area contributed by atoms with Gasteiger partial charge in [-0.3, -0.25) is 5.41 Å². The van der Waals surface area contributed by atoms with Crippen molar-refractivity contribution in [3.8, 4) is 0 Å². The smallest absolute Gasteiger partial charge is 0.176 e. The minimum Gasteiger partial charge on any atom is -0.343 e. The Labute approximate surface area is 184 Å². The lowest BCUT2D eigenvalue weighted by molar-refractivity contribution is 0.726. The minimum absolute atomic E-state index is 0.0534. The molecule has 2 aromatic rings. The number of hydrogen-bond donors (Lipinski definition) is 3. The number of amidine groups is 1. The number of fused-ring (bicyclic) bond motifs is 1. The molecular formula is C25H32N6. The molecule has 0 radical (unpaired) electrons. The molecule has 0 saturated heterocycles. The second-order valence-corrected chi connectivity index (χ2v) is 7.22. The van der Waals surface area contributed by atoms with Crippen molar-refractivity contribution >= 4 is 16.7 Å². The fourth-order valence-electron chi connectivity index (χ4n) is 3.52. The second kappa shape index (κ2) is 12.2. The molecule has 1 heterocycles. The van der Waals surface area contributed by atoms with Gasteiger partial charge in [-0.15, -0.1) is 5.11 Å². The van der Waals surface area contributed by atoms with Crippen LogP contribution in [0.1, 0.15) is 25.3 Å². The maximum absolute atomic E-state index is 7.87. The van der Waals surface area contributed by atoms with Crippen molar-refractivity contribution in [1.29, 1.82) is 5.41 Å². The number of rotatable bonds is 7. The quantitative estimate of drug-likeness (QED) is 0.139. The summed E-state index contributed by atoms with van der Waals surface area (Å²) < 4.78 is 2.19. The molecular weight excluding hydrogens is 384 g/mol. The summed E-state index contributed by atoms with van der Waals surface area (Å²) in [5.74, 6) is 5.72. The maximum Gasteiger partial charge on any atom is 0.176 e. The topological polar surface area (TPSA) is 106 Å². The summed E-state index contributed by atoms with van der Waals surface area (Å²) in [6.07, 6.45) is 19.2. The first-order valence-corrected chi connectivity index (χ1v) is 10.3. The highest BCUT2D eigenvalue weighted by Crippen LogP contribution is 2.21. The van der Waals surface area contributed by atoms with Crippen molar-refractivity contribution in [3.63, 3.8) is 0 Å². The molecule has 6 nitrogen and oxygen atoms in total. The van der Waals surface area contributed by atoms with Crippen LogP contribution in [-0.4, -0.2) is 17.5 Å². The highest BCUT2D eigenvalue weighted by molar-refractivity contribution is 6.00. The van der Waals surface area contributed by atoms with Crippen LogP contribution in [0.2, 0.25) is 0 Å². The van der Waals surface area contributed by atoms with Gasteiger partial charge < -0.3 is 16.1 Å². The van der Waals surface area contributed by atoms with E-state index in [1.807, 2.05) is 36.4 Å². The van der Waals surface area contributed by atoms with Gasteiger partial charge in [0.05, 0.1) is 0 Å². The molecule has 1 aliphatic rings. The molecule has 1 aromatic carbocycles. The summed E-state index contributed by atoms with van der Waals surface area (Å²) in [4.78, 5) is 0. The summed E-state index contributed by atoms with van der Waals surface area (Å²) in [5.41, 5.74) is 8.84.